The lowest BCUT2D eigenvalue weighted by atomic mass is 10.0. The topological polar surface area (TPSA) is 0 Å². The van der Waals surface area contributed by atoms with Crippen molar-refractivity contribution in [1.82, 2.24) is 0 Å². The predicted octanol–water partition coefficient (Wildman–Crippen LogP) is 9.12. The fourth-order valence-corrected chi connectivity index (χ4v) is 1.89. The fourth-order valence-electron chi connectivity index (χ4n) is 1.89. The van der Waals surface area contributed by atoms with Gasteiger partial charge in [0.15, 0.2) is 0 Å². The van der Waals surface area contributed by atoms with Gasteiger partial charge in [0.05, 0.1) is 0 Å². The Hall–Kier alpha value is -2.52. The van der Waals surface area contributed by atoms with Gasteiger partial charge in [-0.1, -0.05) is 105 Å². The summed E-state index contributed by atoms with van der Waals surface area (Å²) in [5.41, 5.74) is 6.53. The largest absolute Gasteiger partial charge is 0.124 e. The van der Waals surface area contributed by atoms with E-state index in [1.54, 1.807) is 0 Å². The molecule has 0 heterocycles. The highest BCUT2D eigenvalue weighted by atomic mass is 14.0. The molecule has 0 N–H and O–H groups in total. The molecule has 0 saturated heterocycles. The van der Waals surface area contributed by atoms with E-state index in [9.17, 15) is 0 Å². The lowest BCUT2D eigenvalue weighted by Gasteiger charge is -2.02. The van der Waals surface area contributed by atoms with E-state index in [-0.39, 0.29) is 0 Å². The summed E-state index contributed by atoms with van der Waals surface area (Å²) in [6.07, 6.45) is 22.7. The molecule has 1 aromatic carbocycles. The van der Waals surface area contributed by atoms with Crippen LogP contribution in [0.4, 0.5) is 0 Å². The van der Waals surface area contributed by atoms with E-state index in [0.29, 0.717) is 0 Å². The molecule has 0 spiro atoms. The van der Waals surface area contributed by atoms with E-state index in [1.165, 1.54) is 27.8 Å². The summed E-state index contributed by atoms with van der Waals surface area (Å²) >= 11 is 0. The maximum atomic E-state index is 4.00. The molecule has 154 valence electrons. The van der Waals surface area contributed by atoms with Gasteiger partial charge >= 0.3 is 0 Å². The Morgan fingerprint density at radius 1 is 1.04 bits per heavy atom. The number of terminal acetylenes is 1. The van der Waals surface area contributed by atoms with Crippen molar-refractivity contribution in [2.24, 2.45) is 0 Å². The van der Waals surface area contributed by atoms with Crippen molar-refractivity contribution in [3.05, 3.63) is 89.6 Å². The molecule has 0 saturated carbocycles. The van der Waals surface area contributed by atoms with Crippen molar-refractivity contribution in [1.29, 1.82) is 0 Å². The van der Waals surface area contributed by atoms with Gasteiger partial charge in [-0.2, -0.15) is 0 Å². The maximum Gasteiger partial charge on any atom is -0.0135 e. The lowest BCUT2D eigenvalue weighted by molar-refractivity contribution is 1.21. The summed E-state index contributed by atoms with van der Waals surface area (Å²) in [6.45, 7) is 20.6. The smallest absolute Gasteiger partial charge is 0.0135 e. The first-order chi connectivity index (χ1) is 13.4. The Balaban J connectivity index is -0.000000381. The Kier molecular flexibility index (Phi) is 24.3. The molecule has 0 aliphatic rings. The van der Waals surface area contributed by atoms with Gasteiger partial charge in [0, 0.05) is 0 Å². The molecule has 0 amide bonds. The van der Waals surface area contributed by atoms with Crippen LogP contribution in [-0.4, -0.2) is 0 Å². The monoisotopic (exact) mass is 378 g/mol. The highest BCUT2D eigenvalue weighted by molar-refractivity contribution is 5.63. The standard InChI is InChI=1S/C13H20.C11H14.C2H6.C2H2/c1-5-6-7-8-9-13(4)11-10-12(2)3;1-4-10(3)11-7-5-6-9(2)8-11;2*1-2/h5-8,10-11H,9H2,1-4H3;5-8H,3-4H2,1-2H3;1-2H3;1-2H/b6-5-,8-7-,13-11+;;;. The van der Waals surface area contributed by atoms with Gasteiger partial charge in [0.25, 0.3) is 0 Å². The summed E-state index contributed by atoms with van der Waals surface area (Å²) < 4.78 is 0. The molecule has 0 unspecified atom stereocenters. The molecule has 0 atom stereocenters. The number of aryl methyl sites for hydroxylation is 1. The van der Waals surface area contributed by atoms with Crippen molar-refractivity contribution in [3.8, 4) is 12.8 Å². The lowest BCUT2D eigenvalue weighted by Crippen LogP contribution is -1.81. The van der Waals surface area contributed by atoms with Crippen LogP contribution in [0.25, 0.3) is 5.57 Å². The molecule has 0 aliphatic carbocycles. The first kappa shape index (κ1) is 30.2. The van der Waals surface area contributed by atoms with Crippen LogP contribution < -0.4 is 0 Å². The Morgan fingerprint density at radius 3 is 2.11 bits per heavy atom. The second kappa shape index (κ2) is 22.5. The molecule has 0 aromatic heterocycles. The van der Waals surface area contributed by atoms with Crippen molar-refractivity contribution in [2.45, 2.75) is 68.2 Å². The second-order valence-electron chi connectivity index (χ2n) is 6.24. The fraction of sp³-hybridized carbons (Fsp3) is 0.357. The molecule has 1 aromatic rings. The molecule has 1 rings (SSSR count). The van der Waals surface area contributed by atoms with Crippen molar-refractivity contribution in [3.63, 3.8) is 0 Å². The van der Waals surface area contributed by atoms with Crippen LogP contribution in [0.5, 0.6) is 0 Å². The average Bonchev–Trinajstić information content (AvgIpc) is 2.72. The molecule has 28 heavy (non-hydrogen) atoms. The van der Waals surface area contributed by atoms with Gasteiger partial charge in [0.1, 0.15) is 0 Å². The van der Waals surface area contributed by atoms with Crippen LogP contribution in [0.1, 0.15) is 72.4 Å². The maximum absolute atomic E-state index is 4.00. The van der Waals surface area contributed by atoms with Crippen LogP contribution in [0, 0.1) is 19.8 Å². The highest BCUT2D eigenvalue weighted by Crippen LogP contribution is 2.16. The molecule has 0 radical (unpaired) electrons. The van der Waals surface area contributed by atoms with Crippen LogP contribution in [0.15, 0.2) is 78.4 Å². The van der Waals surface area contributed by atoms with E-state index in [1.807, 2.05) is 32.9 Å². The summed E-state index contributed by atoms with van der Waals surface area (Å²) in [5, 5.41) is 0. The quantitative estimate of drug-likeness (QED) is 0.342. The highest BCUT2D eigenvalue weighted by Gasteiger charge is 1.94. The predicted molar refractivity (Wildman–Crippen MR) is 134 cm³/mol. The SMILES string of the molecule is C#C.C/C=C\C=C/C/C(C)=C/C=C(C)C.C=C(CC)c1cccc(C)c1.CC. The molecule has 0 fully saturated rings. The van der Waals surface area contributed by atoms with Crippen LogP contribution in [0.2, 0.25) is 0 Å². The summed E-state index contributed by atoms with van der Waals surface area (Å²) in [4.78, 5) is 0. The van der Waals surface area contributed by atoms with E-state index >= 15 is 0 Å². The minimum atomic E-state index is 1.03. The Morgan fingerprint density at radius 2 is 1.64 bits per heavy atom. The average molecular weight is 379 g/mol. The molecule has 0 nitrogen and oxygen atoms in total. The van der Waals surface area contributed by atoms with Gasteiger partial charge in [-0.3, -0.25) is 0 Å². The number of allylic oxidation sites excluding steroid dienone is 9. The number of benzene rings is 1. The molecule has 0 heteroatoms. The first-order valence-corrected chi connectivity index (χ1v) is 10.1. The third-order valence-electron chi connectivity index (χ3n) is 3.43. The van der Waals surface area contributed by atoms with E-state index < -0.39 is 0 Å². The second-order valence-corrected chi connectivity index (χ2v) is 6.24. The third-order valence-corrected chi connectivity index (χ3v) is 3.43. The minimum absolute atomic E-state index is 1.03. The molecular formula is C28H42. The summed E-state index contributed by atoms with van der Waals surface area (Å²) in [5.74, 6) is 0. The van der Waals surface area contributed by atoms with Crippen LogP contribution in [-0.2, 0) is 0 Å². The molecule has 0 aliphatic heterocycles. The zero-order valence-electron chi connectivity index (χ0n) is 19.5. The minimum Gasteiger partial charge on any atom is -0.124 e. The summed E-state index contributed by atoms with van der Waals surface area (Å²) in [6, 6.07) is 8.46. The number of rotatable bonds is 6. The zero-order chi connectivity index (χ0) is 22.4. The van der Waals surface area contributed by atoms with Crippen LogP contribution >= 0.6 is 0 Å². The normalized spacial score (nSPS) is 10.0. The Bertz CT molecular complexity index is 642. The van der Waals surface area contributed by atoms with Gasteiger partial charge in [-0.15, -0.1) is 12.8 Å². The van der Waals surface area contributed by atoms with Crippen molar-refractivity contribution in [2.75, 3.05) is 0 Å². The van der Waals surface area contributed by atoms with Gasteiger partial charge in [0.2, 0.25) is 0 Å². The zero-order valence-corrected chi connectivity index (χ0v) is 19.5. The van der Waals surface area contributed by atoms with Gasteiger partial charge in [-0.05, 0) is 58.6 Å². The molecule has 0 bridgehead atoms. The third kappa shape index (κ3) is 19.8. The van der Waals surface area contributed by atoms with E-state index in [2.05, 4.69) is 103 Å². The first-order valence-electron chi connectivity index (χ1n) is 10.1. The van der Waals surface area contributed by atoms with Crippen LogP contribution in [0.3, 0.4) is 0 Å². The number of hydrogen-bond donors (Lipinski definition) is 0. The Labute approximate surface area is 176 Å². The van der Waals surface area contributed by atoms with Crippen molar-refractivity contribution < 1.29 is 0 Å². The van der Waals surface area contributed by atoms with Crippen molar-refractivity contribution >= 4 is 5.57 Å². The van der Waals surface area contributed by atoms with Gasteiger partial charge in [-0.25, -0.2) is 0 Å². The van der Waals surface area contributed by atoms with Gasteiger partial charge < -0.3 is 0 Å². The molecular weight excluding hydrogens is 336 g/mol. The summed E-state index contributed by atoms with van der Waals surface area (Å²) in [7, 11) is 0. The van der Waals surface area contributed by atoms with E-state index in [0.717, 1.165) is 12.8 Å². The number of hydrogen-bond acceptors (Lipinski definition) is 0. The van der Waals surface area contributed by atoms with E-state index in [4.69, 9.17) is 0 Å².